The molecule has 166 valence electrons. The number of sulfone groups is 1. The Hall–Kier alpha value is -0.890. The van der Waals surface area contributed by atoms with E-state index in [4.69, 9.17) is 10.5 Å². The maximum Gasteiger partial charge on any atom is 0.229 e. The second-order valence-corrected chi connectivity index (χ2v) is 10.7. The van der Waals surface area contributed by atoms with Gasteiger partial charge in [0.05, 0.1) is 48.0 Å². The van der Waals surface area contributed by atoms with E-state index in [0.29, 0.717) is 19.4 Å². The van der Waals surface area contributed by atoms with Gasteiger partial charge < -0.3 is 21.1 Å². The summed E-state index contributed by atoms with van der Waals surface area (Å²) < 4.78 is 43.1. The van der Waals surface area contributed by atoms with Gasteiger partial charge in [-0.05, 0) is 25.8 Å². The van der Waals surface area contributed by atoms with E-state index in [1.165, 1.54) is 0 Å². The van der Waals surface area contributed by atoms with E-state index < -0.39 is 28.1 Å². The van der Waals surface area contributed by atoms with Crippen LogP contribution in [0, 0.1) is 5.92 Å². The van der Waals surface area contributed by atoms with Crippen LogP contribution in [0.2, 0.25) is 0 Å². The molecule has 4 aliphatic rings. The molecule has 10 nitrogen and oxygen atoms in total. The lowest BCUT2D eigenvalue weighted by molar-refractivity contribution is -0.130. The van der Waals surface area contributed by atoms with E-state index in [1.54, 1.807) is 5.01 Å². The van der Waals surface area contributed by atoms with E-state index in [2.05, 4.69) is 21.4 Å². The molecular formula is C17H31FN6O4S. The number of ether oxygens (including phenoxy) is 1. The third kappa shape index (κ3) is 4.89. The minimum atomic E-state index is -2.94. The third-order valence-electron chi connectivity index (χ3n) is 6.24. The van der Waals surface area contributed by atoms with Crippen LogP contribution >= 0.6 is 0 Å². The van der Waals surface area contributed by atoms with Gasteiger partial charge in [0.15, 0.2) is 9.84 Å². The molecule has 4 saturated heterocycles. The molecule has 12 heteroatoms. The Balaban J connectivity index is 1.36. The van der Waals surface area contributed by atoms with Crippen molar-refractivity contribution in [2.75, 3.05) is 37.7 Å². The lowest BCUT2D eigenvalue weighted by Crippen LogP contribution is -2.61. The molecule has 0 aromatic rings. The lowest BCUT2D eigenvalue weighted by Gasteiger charge is -2.37. The molecule has 29 heavy (non-hydrogen) atoms. The molecule has 0 aromatic carbocycles. The lowest BCUT2D eigenvalue weighted by atomic mass is 9.98. The van der Waals surface area contributed by atoms with E-state index in [-0.39, 0.29) is 54.9 Å². The predicted octanol–water partition coefficient (Wildman–Crippen LogP) is -2.58. The fraction of sp³-hybridized carbons (Fsp3) is 0.941. The highest BCUT2D eigenvalue weighted by molar-refractivity contribution is 7.91. The number of hydrogen-bond acceptors (Lipinski definition) is 9. The molecule has 0 radical (unpaired) electrons. The van der Waals surface area contributed by atoms with Gasteiger partial charge in [-0.25, -0.2) is 23.2 Å². The van der Waals surface area contributed by atoms with Gasteiger partial charge in [-0.2, -0.15) is 0 Å². The zero-order valence-corrected chi connectivity index (χ0v) is 17.2. The first kappa shape index (κ1) is 21.3. The first-order valence-corrected chi connectivity index (χ1v) is 12.2. The summed E-state index contributed by atoms with van der Waals surface area (Å²) in [6, 6.07) is -0.228. The zero-order chi connectivity index (χ0) is 20.6. The van der Waals surface area contributed by atoms with Crippen molar-refractivity contribution >= 4 is 15.7 Å². The largest absolute Gasteiger partial charge is 0.373 e. The maximum atomic E-state index is 13.6. The fourth-order valence-electron chi connectivity index (χ4n) is 4.65. The normalized spacial score (nSPS) is 41.0. The first-order chi connectivity index (χ1) is 13.8. The molecule has 0 aromatic heterocycles. The third-order valence-corrected chi connectivity index (χ3v) is 7.95. The summed E-state index contributed by atoms with van der Waals surface area (Å²) in [4.78, 5) is 13.0. The molecule has 0 aliphatic carbocycles. The van der Waals surface area contributed by atoms with E-state index >= 15 is 0 Å². The standard InChI is InChI=1S/C17H31FN6O4S/c18-10-7-21-16-14(15(19)23-24(16)9-10)17(25)22-12-8-20-4-1-13(12)28-11-2-5-29(26,27)6-3-11/h10-16,20-21,23H,1-9,19H2,(H,22,25). The molecule has 0 spiro atoms. The van der Waals surface area contributed by atoms with Gasteiger partial charge in [0.2, 0.25) is 5.91 Å². The van der Waals surface area contributed by atoms with Gasteiger partial charge >= 0.3 is 0 Å². The number of piperidine rings is 1. The highest BCUT2D eigenvalue weighted by Crippen LogP contribution is 2.24. The summed E-state index contributed by atoms with van der Waals surface area (Å²) in [7, 11) is -2.94. The van der Waals surface area contributed by atoms with Crippen LogP contribution in [0.15, 0.2) is 0 Å². The molecule has 4 heterocycles. The van der Waals surface area contributed by atoms with E-state index in [0.717, 1.165) is 13.0 Å². The molecule has 4 aliphatic heterocycles. The number of nitrogens with two attached hydrogens (primary N) is 1. The van der Waals surface area contributed by atoms with Crippen LogP contribution in [0.3, 0.4) is 0 Å². The Morgan fingerprint density at radius 2 is 1.97 bits per heavy atom. The number of rotatable bonds is 4. The fourth-order valence-corrected chi connectivity index (χ4v) is 6.10. The van der Waals surface area contributed by atoms with Crippen molar-refractivity contribution in [2.45, 2.75) is 56.0 Å². The number of carbonyl (C=O) groups excluding carboxylic acids is 1. The minimum Gasteiger partial charge on any atom is -0.373 e. The monoisotopic (exact) mass is 434 g/mol. The molecule has 1 amide bonds. The quantitative estimate of drug-likeness (QED) is 0.323. The second kappa shape index (κ2) is 8.69. The van der Waals surface area contributed by atoms with E-state index in [9.17, 15) is 17.6 Å². The van der Waals surface area contributed by atoms with Crippen molar-refractivity contribution < 1.29 is 22.3 Å². The summed E-state index contributed by atoms with van der Waals surface area (Å²) in [6.07, 6.45) is -0.511. The van der Waals surface area contributed by atoms with Crippen molar-refractivity contribution in [1.82, 2.24) is 26.4 Å². The Morgan fingerprint density at radius 3 is 2.72 bits per heavy atom. The topological polar surface area (TPSA) is 138 Å². The van der Waals surface area contributed by atoms with Crippen molar-refractivity contribution in [3.05, 3.63) is 0 Å². The summed E-state index contributed by atoms with van der Waals surface area (Å²) in [5.74, 6) is -0.442. The molecule has 0 saturated carbocycles. The molecule has 6 unspecified atom stereocenters. The zero-order valence-electron chi connectivity index (χ0n) is 16.3. The molecule has 6 N–H and O–H groups in total. The maximum absolute atomic E-state index is 13.6. The van der Waals surface area contributed by atoms with Crippen molar-refractivity contribution in [1.29, 1.82) is 0 Å². The van der Waals surface area contributed by atoms with Crippen LogP contribution in [0.4, 0.5) is 4.39 Å². The number of nitrogens with one attached hydrogen (secondary N) is 4. The summed E-state index contributed by atoms with van der Waals surface area (Å²) in [6.45, 7) is 1.74. The van der Waals surface area contributed by atoms with Crippen LogP contribution in [0.1, 0.15) is 19.3 Å². The highest BCUT2D eigenvalue weighted by atomic mass is 32.2. The number of hydrogen-bond donors (Lipinski definition) is 5. The number of nitrogens with zero attached hydrogens (tertiary/aromatic N) is 1. The first-order valence-electron chi connectivity index (χ1n) is 10.4. The minimum absolute atomic E-state index is 0.103. The van der Waals surface area contributed by atoms with Crippen LogP contribution in [-0.2, 0) is 19.4 Å². The Labute approximate surface area is 170 Å². The van der Waals surface area contributed by atoms with Crippen LogP contribution < -0.4 is 27.1 Å². The molecular weight excluding hydrogens is 403 g/mol. The number of fused-ring (bicyclic) bond motifs is 1. The molecule has 4 rings (SSSR count). The summed E-state index contributed by atoms with van der Waals surface area (Å²) in [5, 5.41) is 11.1. The average Bonchev–Trinajstić information content (AvgIpc) is 2.99. The Kier molecular flexibility index (Phi) is 6.40. The predicted molar refractivity (Wildman–Crippen MR) is 104 cm³/mol. The SMILES string of the molecule is NC1NN2CC(F)CNC2C1C(=O)NC1CNCCC1OC1CCS(=O)(=O)CC1. The molecule has 4 fully saturated rings. The number of carbonyl (C=O) groups is 1. The van der Waals surface area contributed by atoms with Crippen molar-refractivity contribution in [2.24, 2.45) is 11.7 Å². The van der Waals surface area contributed by atoms with Gasteiger partial charge in [0, 0.05) is 19.6 Å². The van der Waals surface area contributed by atoms with Crippen molar-refractivity contribution in [3.63, 3.8) is 0 Å². The van der Waals surface area contributed by atoms with Crippen LogP contribution in [-0.4, -0.2) is 93.8 Å². The van der Waals surface area contributed by atoms with Gasteiger partial charge in [0.25, 0.3) is 0 Å². The number of alkyl halides is 1. The average molecular weight is 435 g/mol. The number of halogens is 1. The van der Waals surface area contributed by atoms with Crippen LogP contribution in [0.5, 0.6) is 0 Å². The molecule has 0 bridgehead atoms. The molecule has 6 atom stereocenters. The van der Waals surface area contributed by atoms with Gasteiger partial charge in [-0.3, -0.25) is 10.1 Å². The van der Waals surface area contributed by atoms with Gasteiger partial charge in [-0.1, -0.05) is 0 Å². The van der Waals surface area contributed by atoms with Crippen LogP contribution in [0.25, 0.3) is 0 Å². The Bertz CT molecular complexity index is 698. The van der Waals surface area contributed by atoms with Gasteiger partial charge in [-0.15, -0.1) is 0 Å². The van der Waals surface area contributed by atoms with Gasteiger partial charge in [0.1, 0.15) is 6.17 Å². The van der Waals surface area contributed by atoms with E-state index in [1.807, 2.05) is 0 Å². The smallest absolute Gasteiger partial charge is 0.229 e. The summed E-state index contributed by atoms with van der Waals surface area (Å²) in [5.41, 5.74) is 9.10. The number of amides is 1. The highest BCUT2D eigenvalue weighted by Gasteiger charge is 2.47. The Morgan fingerprint density at radius 1 is 1.21 bits per heavy atom. The second-order valence-electron chi connectivity index (χ2n) is 8.42. The van der Waals surface area contributed by atoms with Crippen molar-refractivity contribution in [3.8, 4) is 0 Å². The summed E-state index contributed by atoms with van der Waals surface area (Å²) >= 11 is 0. The number of hydrazine groups is 1.